The van der Waals surface area contributed by atoms with Crippen LogP contribution in [-0.4, -0.2) is 34.7 Å². The van der Waals surface area contributed by atoms with E-state index < -0.39 is 36.2 Å². The zero-order valence-electron chi connectivity index (χ0n) is 17.9. The van der Waals surface area contributed by atoms with Crippen LogP contribution in [0.15, 0.2) is 36.6 Å². The van der Waals surface area contributed by atoms with Gasteiger partial charge in [-0.3, -0.25) is 14.5 Å². The minimum absolute atomic E-state index is 0. The van der Waals surface area contributed by atoms with Gasteiger partial charge in [-0.2, -0.15) is 0 Å². The van der Waals surface area contributed by atoms with Gasteiger partial charge in [0.05, 0.1) is 6.26 Å². The molecule has 0 aliphatic heterocycles. The first kappa shape index (κ1) is 29.5. The number of hydrogen-bond donors (Lipinski definition) is 0. The van der Waals surface area contributed by atoms with Crippen molar-refractivity contribution in [3.05, 3.63) is 36.6 Å². The number of unbranched alkanes of at least 4 members (excludes halogenated alkanes) is 2. The maximum absolute atomic E-state index is 12.7. The summed E-state index contributed by atoms with van der Waals surface area (Å²) >= 11 is 0. The van der Waals surface area contributed by atoms with E-state index in [-0.39, 0.29) is 42.4 Å². The number of carbonyl (C=O) groups excluding carboxylic acids is 4. The van der Waals surface area contributed by atoms with Gasteiger partial charge in [0.15, 0.2) is 0 Å². The predicted molar refractivity (Wildman–Crippen MR) is 104 cm³/mol. The van der Waals surface area contributed by atoms with Crippen molar-refractivity contribution < 1.29 is 58.6 Å². The van der Waals surface area contributed by atoms with Crippen molar-refractivity contribution in [2.75, 3.05) is 0 Å². The topological polar surface area (TPSA) is 104 Å². The molecule has 29 heavy (non-hydrogen) atoms. The molecule has 0 fully saturated rings. The maximum atomic E-state index is 12.7. The molecule has 0 spiro atoms. The SMILES string of the molecule is C/C=C/CCCC(=O)N(C(=O)CCC/C=C/C)C(CC(=O)[O-])C(=O)O/C=C/C.[Na+]. The van der Waals surface area contributed by atoms with Crippen LogP contribution >= 0.6 is 0 Å². The Morgan fingerprint density at radius 2 is 1.38 bits per heavy atom. The number of carboxylic acids is 1. The average Bonchev–Trinajstić information content (AvgIpc) is 2.65. The largest absolute Gasteiger partial charge is 1.00 e. The normalized spacial score (nSPS) is 12.1. The van der Waals surface area contributed by atoms with Gasteiger partial charge in [-0.15, -0.1) is 0 Å². The molecule has 7 nitrogen and oxygen atoms in total. The van der Waals surface area contributed by atoms with Crippen molar-refractivity contribution in [2.24, 2.45) is 0 Å². The quantitative estimate of drug-likeness (QED) is 0.131. The fraction of sp³-hybridized carbons (Fsp3) is 0.524. The molecule has 0 aromatic carbocycles. The van der Waals surface area contributed by atoms with E-state index in [1.165, 1.54) is 6.08 Å². The minimum Gasteiger partial charge on any atom is -0.550 e. The molecular formula is C21H30NNaO6. The van der Waals surface area contributed by atoms with Crippen molar-refractivity contribution in [1.82, 2.24) is 4.90 Å². The summed E-state index contributed by atoms with van der Waals surface area (Å²) in [6.07, 6.45) is 11.5. The van der Waals surface area contributed by atoms with Crippen molar-refractivity contribution >= 4 is 23.8 Å². The summed E-state index contributed by atoms with van der Waals surface area (Å²) in [4.78, 5) is 49.5. The number of nitrogens with zero attached hydrogens (tertiary/aromatic N) is 1. The third kappa shape index (κ3) is 13.2. The summed E-state index contributed by atoms with van der Waals surface area (Å²) in [5.41, 5.74) is 0. The fourth-order valence-electron chi connectivity index (χ4n) is 2.45. The predicted octanol–water partition coefficient (Wildman–Crippen LogP) is -0.576. The first-order valence-electron chi connectivity index (χ1n) is 9.47. The number of rotatable bonds is 13. The minimum atomic E-state index is -1.55. The molecule has 0 aliphatic rings. The molecule has 0 aromatic heterocycles. The second kappa shape index (κ2) is 18.3. The molecule has 0 bridgehead atoms. The smallest absolute Gasteiger partial charge is 0.550 e. The summed E-state index contributed by atoms with van der Waals surface area (Å²) in [5, 5.41) is 11.1. The van der Waals surface area contributed by atoms with Crippen molar-refractivity contribution in [2.45, 2.75) is 71.8 Å². The van der Waals surface area contributed by atoms with E-state index in [1.807, 2.05) is 38.2 Å². The van der Waals surface area contributed by atoms with Gasteiger partial charge in [-0.25, -0.2) is 4.79 Å². The van der Waals surface area contributed by atoms with E-state index in [0.717, 1.165) is 11.2 Å². The number of imide groups is 1. The molecule has 0 saturated heterocycles. The Morgan fingerprint density at radius 1 is 0.897 bits per heavy atom. The molecule has 8 heteroatoms. The van der Waals surface area contributed by atoms with Crippen LogP contribution in [0.4, 0.5) is 0 Å². The molecular weight excluding hydrogens is 385 g/mol. The standard InChI is InChI=1S/C21H31NO6.Na/c1-4-7-9-11-13-18(23)22(19(24)14-12-10-8-5-2)17(16-20(25)26)21(27)28-15-6-3;/h4-8,15,17H,9-14,16H2,1-3H3,(H,25,26);/q;+1/p-1/b7-4+,8-5+,15-6+;. The van der Waals surface area contributed by atoms with E-state index in [2.05, 4.69) is 0 Å². The van der Waals surface area contributed by atoms with E-state index in [0.29, 0.717) is 25.7 Å². The van der Waals surface area contributed by atoms with Crippen LogP contribution in [0.3, 0.4) is 0 Å². The molecule has 1 atom stereocenters. The van der Waals surface area contributed by atoms with Gasteiger partial charge in [0, 0.05) is 25.2 Å². The zero-order valence-corrected chi connectivity index (χ0v) is 19.9. The summed E-state index contributed by atoms with van der Waals surface area (Å²) in [5.74, 6) is -3.71. The van der Waals surface area contributed by atoms with Crippen LogP contribution in [0.25, 0.3) is 0 Å². The van der Waals surface area contributed by atoms with E-state index >= 15 is 0 Å². The summed E-state index contributed by atoms with van der Waals surface area (Å²) in [7, 11) is 0. The Bertz CT molecular complexity index is 582. The van der Waals surface area contributed by atoms with Crippen LogP contribution in [0.1, 0.15) is 65.7 Å². The molecule has 2 amide bonds. The summed E-state index contributed by atoms with van der Waals surface area (Å²) in [6, 6.07) is -1.55. The second-order valence-electron chi connectivity index (χ2n) is 6.08. The Kier molecular flexibility index (Phi) is 18.7. The molecule has 156 valence electrons. The van der Waals surface area contributed by atoms with Gasteiger partial charge in [0.2, 0.25) is 11.8 Å². The van der Waals surface area contributed by atoms with E-state index in [1.54, 1.807) is 6.92 Å². The molecule has 0 rings (SSSR count). The number of allylic oxidation sites excluding steroid dienone is 5. The summed E-state index contributed by atoms with van der Waals surface area (Å²) < 4.78 is 4.84. The van der Waals surface area contributed by atoms with Gasteiger partial charge >= 0.3 is 35.5 Å². The van der Waals surface area contributed by atoms with Gasteiger partial charge in [-0.05, 0) is 46.5 Å². The van der Waals surface area contributed by atoms with Crippen molar-refractivity contribution in [3.8, 4) is 0 Å². The van der Waals surface area contributed by atoms with E-state index in [9.17, 15) is 24.3 Å². The monoisotopic (exact) mass is 415 g/mol. The molecule has 0 aliphatic carbocycles. The number of aliphatic carboxylic acids is 1. The number of carboxylic acid groups (broad SMARTS) is 1. The first-order chi connectivity index (χ1) is 13.4. The van der Waals surface area contributed by atoms with Gasteiger partial charge in [-0.1, -0.05) is 30.4 Å². The third-order valence-corrected chi connectivity index (χ3v) is 3.80. The third-order valence-electron chi connectivity index (χ3n) is 3.80. The number of carbonyl (C=O) groups is 4. The van der Waals surface area contributed by atoms with E-state index in [4.69, 9.17) is 4.74 Å². The molecule has 0 radical (unpaired) electrons. The van der Waals surface area contributed by atoms with Gasteiger partial charge in [0.1, 0.15) is 6.04 Å². The van der Waals surface area contributed by atoms with Crippen LogP contribution in [0.2, 0.25) is 0 Å². The molecule has 1 unspecified atom stereocenters. The Morgan fingerprint density at radius 3 is 1.76 bits per heavy atom. The van der Waals surface area contributed by atoms with Crippen LogP contribution in [0.5, 0.6) is 0 Å². The van der Waals surface area contributed by atoms with Crippen LogP contribution in [-0.2, 0) is 23.9 Å². The number of hydrogen-bond acceptors (Lipinski definition) is 6. The Labute approximate surface area is 195 Å². The second-order valence-corrected chi connectivity index (χ2v) is 6.08. The first-order valence-corrected chi connectivity index (χ1v) is 9.47. The van der Waals surface area contributed by atoms with Crippen LogP contribution in [0, 0.1) is 0 Å². The van der Waals surface area contributed by atoms with Crippen LogP contribution < -0.4 is 34.7 Å². The number of amides is 2. The Hall–Kier alpha value is -1.70. The summed E-state index contributed by atoms with van der Waals surface area (Å²) in [6.45, 7) is 5.32. The average molecular weight is 415 g/mol. The molecule has 0 saturated carbocycles. The fourth-order valence-corrected chi connectivity index (χ4v) is 2.45. The number of esters is 1. The molecule has 0 aromatic rings. The molecule has 0 N–H and O–H groups in total. The van der Waals surface area contributed by atoms with Gasteiger partial charge in [0.25, 0.3) is 0 Å². The zero-order chi connectivity index (χ0) is 21.4. The van der Waals surface area contributed by atoms with Crippen molar-refractivity contribution in [3.63, 3.8) is 0 Å². The van der Waals surface area contributed by atoms with Gasteiger partial charge < -0.3 is 14.6 Å². The Balaban J connectivity index is 0. The van der Waals surface area contributed by atoms with Crippen molar-refractivity contribution in [1.29, 1.82) is 0 Å². The maximum Gasteiger partial charge on any atom is 1.00 e. The number of ether oxygens (including phenoxy) is 1. The molecule has 0 heterocycles.